The molecule has 1 aliphatic carbocycles. The molecule has 1 aromatic heterocycles. The number of hydrogen-bond donors (Lipinski definition) is 2. The van der Waals surface area contributed by atoms with E-state index in [0.717, 1.165) is 29.1 Å². The first-order chi connectivity index (χ1) is 13.3. The number of nitrogens with one attached hydrogen (secondary N) is 2. The Hall–Kier alpha value is -2.78. The van der Waals surface area contributed by atoms with Crippen molar-refractivity contribution in [2.45, 2.75) is 38.1 Å². The molecule has 2 N–H and O–H groups in total. The van der Waals surface area contributed by atoms with Crippen molar-refractivity contribution in [1.82, 2.24) is 15.3 Å². The van der Waals surface area contributed by atoms with Crippen LogP contribution in [0.25, 0.3) is 11.3 Å². The van der Waals surface area contributed by atoms with Crippen LogP contribution in [-0.2, 0) is 0 Å². The summed E-state index contributed by atoms with van der Waals surface area (Å²) in [6.07, 6.45) is 7.84. The molecule has 0 bridgehead atoms. The second kappa shape index (κ2) is 8.28. The Morgan fingerprint density at radius 1 is 1.15 bits per heavy atom. The standard InChI is InChI=1S/C21H21N5S/c22-13-17(20-25-19(14-27-20)15-7-3-1-4-8-15)18-11-12-23-21(26-18)24-16-9-5-2-6-10-16/h1,3-4,7-8,11-12,14,16,25H,2,5-6,9-10H2,(H,23,24,26)/b20-17-. The minimum atomic E-state index is 0.428. The molecule has 2 heterocycles. The molecule has 6 heteroatoms. The van der Waals surface area contributed by atoms with Gasteiger partial charge in [0.15, 0.2) is 0 Å². The van der Waals surface area contributed by atoms with Crippen LogP contribution in [0, 0.1) is 11.3 Å². The number of rotatable bonds is 4. The van der Waals surface area contributed by atoms with Crippen LogP contribution >= 0.6 is 11.8 Å². The number of allylic oxidation sites excluding steroid dienone is 1. The molecule has 1 aromatic carbocycles. The monoisotopic (exact) mass is 375 g/mol. The summed E-state index contributed by atoms with van der Waals surface area (Å²) in [6.45, 7) is 0. The largest absolute Gasteiger partial charge is 0.351 e. The molecule has 0 saturated heterocycles. The lowest BCUT2D eigenvalue weighted by molar-refractivity contribution is 0.461. The summed E-state index contributed by atoms with van der Waals surface area (Å²) in [4.78, 5) is 8.95. The summed E-state index contributed by atoms with van der Waals surface area (Å²) in [5, 5.41) is 19.4. The summed E-state index contributed by atoms with van der Waals surface area (Å²) in [6, 6.07) is 14.6. The van der Waals surface area contributed by atoms with Crippen LogP contribution < -0.4 is 10.6 Å². The minimum absolute atomic E-state index is 0.428. The molecule has 0 spiro atoms. The lowest BCUT2D eigenvalue weighted by Crippen LogP contribution is -2.23. The molecular formula is C21H21N5S. The van der Waals surface area contributed by atoms with E-state index in [1.807, 2.05) is 35.7 Å². The van der Waals surface area contributed by atoms with Gasteiger partial charge >= 0.3 is 0 Å². The first kappa shape index (κ1) is 17.6. The van der Waals surface area contributed by atoms with Crippen molar-refractivity contribution < 1.29 is 0 Å². The molecule has 2 aromatic rings. The van der Waals surface area contributed by atoms with Crippen molar-refractivity contribution >= 4 is 29.0 Å². The van der Waals surface area contributed by atoms with E-state index in [0.29, 0.717) is 23.3 Å². The van der Waals surface area contributed by atoms with Crippen molar-refractivity contribution in [2.24, 2.45) is 0 Å². The van der Waals surface area contributed by atoms with Gasteiger partial charge in [0.2, 0.25) is 5.95 Å². The van der Waals surface area contributed by atoms with E-state index < -0.39 is 0 Å². The summed E-state index contributed by atoms with van der Waals surface area (Å²) in [5.74, 6) is 0.604. The van der Waals surface area contributed by atoms with Crippen molar-refractivity contribution in [3.05, 3.63) is 64.3 Å². The van der Waals surface area contributed by atoms with E-state index in [9.17, 15) is 5.26 Å². The summed E-state index contributed by atoms with van der Waals surface area (Å²) >= 11 is 1.52. The fourth-order valence-electron chi connectivity index (χ4n) is 3.40. The molecule has 4 rings (SSSR count). The molecule has 27 heavy (non-hydrogen) atoms. The lowest BCUT2D eigenvalue weighted by Gasteiger charge is -2.22. The molecule has 5 nitrogen and oxygen atoms in total. The fourth-order valence-corrected chi connectivity index (χ4v) is 4.27. The van der Waals surface area contributed by atoms with Crippen LogP contribution in [0.4, 0.5) is 5.95 Å². The quantitative estimate of drug-likeness (QED) is 0.752. The molecular weight excluding hydrogens is 354 g/mol. The topological polar surface area (TPSA) is 73.6 Å². The maximum absolute atomic E-state index is 9.74. The highest BCUT2D eigenvalue weighted by Gasteiger charge is 2.19. The molecule has 2 aliphatic rings. The van der Waals surface area contributed by atoms with E-state index in [1.165, 1.54) is 31.0 Å². The second-order valence-electron chi connectivity index (χ2n) is 6.70. The molecule has 136 valence electrons. The van der Waals surface area contributed by atoms with Gasteiger partial charge in [0.1, 0.15) is 11.6 Å². The zero-order chi connectivity index (χ0) is 18.5. The highest BCUT2D eigenvalue weighted by atomic mass is 32.2. The van der Waals surface area contributed by atoms with Crippen molar-refractivity contribution in [1.29, 1.82) is 5.26 Å². The molecule has 0 atom stereocenters. The van der Waals surface area contributed by atoms with E-state index in [1.54, 1.807) is 12.3 Å². The van der Waals surface area contributed by atoms with Gasteiger partial charge in [0, 0.05) is 17.6 Å². The van der Waals surface area contributed by atoms with Gasteiger partial charge in [-0.2, -0.15) is 5.26 Å². The number of anilines is 1. The molecule has 0 unspecified atom stereocenters. The number of nitrogens with zero attached hydrogens (tertiary/aromatic N) is 3. The Kier molecular flexibility index (Phi) is 5.40. The average Bonchev–Trinajstić information content (AvgIpc) is 3.20. The third-order valence-electron chi connectivity index (χ3n) is 4.82. The Bertz CT molecular complexity index is 908. The van der Waals surface area contributed by atoms with Crippen LogP contribution in [0.15, 0.2) is 53.0 Å². The second-order valence-corrected chi connectivity index (χ2v) is 7.58. The van der Waals surface area contributed by atoms with Crippen molar-refractivity contribution in [2.75, 3.05) is 5.32 Å². The average molecular weight is 376 g/mol. The lowest BCUT2D eigenvalue weighted by atomic mass is 9.96. The SMILES string of the molecule is N#C/C(=C1\NC(c2ccccc2)=CS1)c1ccnc(NC2CCCCC2)n1. The Morgan fingerprint density at radius 2 is 1.96 bits per heavy atom. The van der Waals surface area contributed by atoms with Gasteiger partial charge in [-0.25, -0.2) is 9.97 Å². The maximum Gasteiger partial charge on any atom is 0.223 e. The van der Waals surface area contributed by atoms with E-state index in [-0.39, 0.29) is 0 Å². The first-order valence-electron chi connectivity index (χ1n) is 9.27. The van der Waals surface area contributed by atoms with E-state index in [4.69, 9.17) is 0 Å². The Balaban J connectivity index is 1.54. The van der Waals surface area contributed by atoms with Crippen LogP contribution in [0.2, 0.25) is 0 Å². The number of nitriles is 1. The zero-order valence-electron chi connectivity index (χ0n) is 15.0. The van der Waals surface area contributed by atoms with Gasteiger partial charge < -0.3 is 10.6 Å². The first-order valence-corrected chi connectivity index (χ1v) is 10.1. The van der Waals surface area contributed by atoms with Gasteiger partial charge in [-0.15, -0.1) is 0 Å². The molecule has 1 saturated carbocycles. The normalized spacial score (nSPS) is 19.0. The summed E-state index contributed by atoms with van der Waals surface area (Å²) < 4.78 is 0. The number of hydrogen-bond acceptors (Lipinski definition) is 6. The van der Waals surface area contributed by atoms with Crippen LogP contribution in [0.5, 0.6) is 0 Å². The smallest absolute Gasteiger partial charge is 0.223 e. The van der Waals surface area contributed by atoms with Crippen molar-refractivity contribution in [3.8, 4) is 6.07 Å². The third kappa shape index (κ3) is 4.15. The van der Waals surface area contributed by atoms with Gasteiger partial charge in [0.05, 0.1) is 16.4 Å². The third-order valence-corrected chi connectivity index (χ3v) is 5.71. The molecule has 1 aliphatic heterocycles. The van der Waals surface area contributed by atoms with E-state index in [2.05, 4.69) is 26.7 Å². The van der Waals surface area contributed by atoms with Crippen LogP contribution in [0.3, 0.4) is 0 Å². The minimum Gasteiger partial charge on any atom is -0.351 e. The summed E-state index contributed by atoms with van der Waals surface area (Å²) in [5.41, 5.74) is 3.28. The Labute approximate surface area is 163 Å². The summed E-state index contributed by atoms with van der Waals surface area (Å²) in [7, 11) is 0. The Morgan fingerprint density at radius 3 is 2.74 bits per heavy atom. The molecule has 0 radical (unpaired) electrons. The number of thioether (sulfide) groups is 1. The van der Waals surface area contributed by atoms with Gasteiger partial charge in [-0.05, 0) is 24.5 Å². The number of benzene rings is 1. The number of aromatic nitrogens is 2. The van der Waals surface area contributed by atoms with Crippen LogP contribution in [-0.4, -0.2) is 16.0 Å². The molecule has 1 fully saturated rings. The maximum atomic E-state index is 9.74. The highest BCUT2D eigenvalue weighted by molar-refractivity contribution is 8.06. The van der Waals surface area contributed by atoms with Gasteiger partial charge in [0.25, 0.3) is 0 Å². The predicted molar refractivity (Wildman–Crippen MR) is 110 cm³/mol. The highest BCUT2D eigenvalue weighted by Crippen LogP contribution is 2.34. The van der Waals surface area contributed by atoms with Gasteiger partial charge in [-0.3, -0.25) is 0 Å². The predicted octanol–water partition coefficient (Wildman–Crippen LogP) is 4.75. The molecule has 0 amide bonds. The van der Waals surface area contributed by atoms with Crippen LogP contribution in [0.1, 0.15) is 43.4 Å². The van der Waals surface area contributed by atoms with Crippen molar-refractivity contribution in [3.63, 3.8) is 0 Å². The zero-order valence-corrected chi connectivity index (χ0v) is 15.8. The fraction of sp³-hybridized carbons (Fsp3) is 0.286. The van der Waals surface area contributed by atoms with Gasteiger partial charge in [-0.1, -0.05) is 61.4 Å². The van der Waals surface area contributed by atoms with E-state index >= 15 is 0 Å².